The summed E-state index contributed by atoms with van der Waals surface area (Å²) >= 11 is 0. The second-order valence-electron chi connectivity index (χ2n) is 5.31. The highest BCUT2D eigenvalue weighted by molar-refractivity contribution is 5.75. The van der Waals surface area contributed by atoms with Crippen LogP contribution in [0.3, 0.4) is 0 Å². The summed E-state index contributed by atoms with van der Waals surface area (Å²) < 4.78 is 10.4. The Morgan fingerprint density at radius 3 is 2.63 bits per heavy atom. The second-order valence-corrected chi connectivity index (χ2v) is 5.31. The quantitative estimate of drug-likeness (QED) is 0.759. The Bertz CT molecular complexity index is 427. The molecule has 1 aromatic carbocycles. The van der Waals surface area contributed by atoms with Crippen molar-refractivity contribution in [3.05, 3.63) is 29.8 Å². The first-order valence-corrected chi connectivity index (χ1v) is 6.36. The van der Waals surface area contributed by atoms with Gasteiger partial charge in [0.2, 0.25) is 0 Å². The maximum Gasteiger partial charge on any atom is 0.255 e. The van der Waals surface area contributed by atoms with Crippen LogP contribution < -0.4 is 15.8 Å². The van der Waals surface area contributed by atoms with Gasteiger partial charge in [0.15, 0.2) is 6.61 Å². The molecule has 1 aliphatic heterocycles. The van der Waals surface area contributed by atoms with Crippen molar-refractivity contribution < 1.29 is 14.3 Å². The van der Waals surface area contributed by atoms with E-state index in [1.54, 1.807) is 0 Å². The normalized spacial score (nSPS) is 16.7. The van der Waals surface area contributed by atoms with Crippen molar-refractivity contribution in [3.63, 3.8) is 0 Å². The van der Waals surface area contributed by atoms with Crippen LogP contribution in [-0.2, 0) is 16.1 Å². The number of carbonyl (C=O) groups excluding carboxylic acids is 1. The summed E-state index contributed by atoms with van der Waals surface area (Å²) in [6, 6.07) is 7.63. The Morgan fingerprint density at radius 1 is 1.42 bits per heavy atom. The number of rotatable bonds is 7. The van der Waals surface area contributed by atoms with E-state index in [1.165, 1.54) is 5.56 Å². The van der Waals surface area contributed by atoms with Crippen molar-refractivity contribution in [2.45, 2.75) is 13.5 Å². The van der Waals surface area contributed by atoms with Crippen LogP contribution in [0.1, 0.15) is 12.5 Å². The molecule has 5 nitrogen and oxygen atoms in total. The zero-order valence-electron chi connectivity index (χ0n) is 11.1. The number of benzene rings is 1. The Hall–Kier alpha value is -1.59. The largest absolute Gasteiger partial charge is 0.484 e. The zero-order chi connectivity index (χ0) is 13.7. The van der Waals surface area contributed by atoms with Gasteiger partial charge in [0.05, 0.1) is 13.2 Å². The third kappa shape index (κ3) is 4.22. The lowest BCUT2D eigenvalue weighted by Gasteiger charge is -2.38. The molecular weight excluding hydrogens is 244 g/mol. The predicted octanol–water partition coefficient (Wildman–Crippen LogP) is 0.677. The molecule has 0 saturated carbocycles. The number of ether oxygens (including phenoxy) is 2. The van der Waals surface area contributed by atoms with Gasteiger partial charge >= 0.3 is 0 Å². The van der Waals surface area contributed by atoms with Crippen molar-refractivity contribution in [2.75, 3.05) is 26.4 Å². The van der Waals surface area contributed by atoms with E-state index >= 15 is 0 Å². The van der Waals surface area contributed by atoms with Gasteiger partial charge in [-0.1, -0.05) is 19.1 Å². The van der Waals surface area contributed by atoms with E-state index < -0.39 is 5.91 Å². The number of primary amides is 1. The minimum atomic E-state index is -0.471. The summed E-state index contributed by atoms with van der Waals surface area (Å²) in [5, 5.41) is 3.42. The molecule has 0 radical (unpaired) electrons. The first kappa shape index (κ1) is 13.8. The summed E-state index contributed by atoms with van der Waals surface area (Å²) in [7, 11) is 0. The lowest BCUT2D eigenvalue weighted by Crippen LogP contribution is -2.47. The highest BCUT2D eigenvalue weighted by Crippen LogP contribution is 2.25. The molecule has 1 saturated heterocycles. The molecule has 0 atom stereocenters. The van der Waals surface area contributed by atoms with Crippen molar-refractivity contribution in [1.29, 1.82) is 0 Å². The van der Waals surface area contributed by atoms with Crippen molar-refractivity contribution in [1.82, 2.24) is 5.32 Å². The molecule has 0 aromatic heterocycles. The predicted molar refractivity (Wildman–Crippen MR) is 71.8 cm³/mol. The SMILES string of the molecule is CC1(CNCc2ccc(OCC(N)=O)cc2)COC1. The van der Waals surface area contributed by atoms with E-state index in [0.717, 1.165) is 26.3 Å². The molecule has 1 aliphatic rings. The third-order valence-corrected chi connectivity index (χ3v) is 3.09. The average Bonchev–Trinajstić information content (AvgIpc) is 2.36. The molecule has 0 spiro atoms. The fraction of sp³-hybridized carbons (Fsp3) is 0.500. The number of nitrogens with one attached hydrogen (secondary N) is 1. The van der Waals surface area contributed by atoms with Gasteiger partial charge in [0.25, 0.3) is 5.91 Å². The summed E-state index contributed by atoms with van der Waals surface area (Å²) in [4.78, 5) is 10.6. The number of hydrogen-bond donors (Lipinski definition) is 2. The summed E-state index contributed by atoms with van der Waals surface area (Å²) in [5.41, 5.74) is 6.47. The van der Waals surface area contributed by atoms with Crippen LogP contribution in [0.4, 0.5) is 0 Å². The first-order chi connectivity index (χ1) is 9.07. The van der Waals surface area contributed by atoms with Gasteiger partial charge in [-0.3, -0.25) is 4.79 Å². The number of nitrogens with two attached hydrogens (primary N) is 1. The molecule has 1 fully saturated rings. The fourth-order valence-corrected chi connectivity index (χ4v) is 1.92. The topological polar surface area (TPSA) is 73.6 Å². The minimum Gasteiger partial charge on any atom is -0.484 e. The maximum absolute atomic E-state index is 10.6. The molecule has 5 heteroatoms. The third-order valence-electron chi connectivity index (χ3n) is 3.09. The lowest BCUT2D eigenvalue weighted by atomic mass is 9.89. The lowest BCUT2D eigenvalue weighted by molar-refractivity contribution is -0.119. The minimum absolute atomic E-state index is 0.0873. The molecule has 104 valence electrons. The average molecular weight is 264 g/mol. The molecule has 19 heavy (non-hydrogen) atoms. The van der Waals surface area contributed by atoms with Crippen LogP contribution in [0.15, 0.2) is 24.3 Å². The van der Waals surface area contributed by atoms with Crippen LogP contribution in [0.25, 0.3) is 0 Å². The van der Waals surface area contributed by atoms with Crippen molar-refractivity contribution >= 4 is 5.91 Å². The molecule has 0 unspecified atom stereocenters. The van der Waals surface area contributed by atoms with Crippen LogP contribution >= 0.6 is 0 Å². The molecule has 1 amide bonds. The van der Waals surface area contributed by atoms with E-state index in [-0.39, 0.29) is 12.0 Å². The summed E-state index contributed by atoms with van der Waals surface area (Å²) in [6.45, 7) is 5.55. The van der Waals surface area contributed by atoms with E-state index in [9.17, 15) is 4.79 Å². The first-order valence-electron chi connectivity index (χ1n) is 6.36. The van der Waals surface area contributed by atoms with Crippen LogP contribution in [0.5, 0.6) is 5.75 Å². The molecule has 3 N–H and O–H groups in total. The van der Waals surface area contributed by atoms with E-state index in [0.29, 0.717) is 5.75 Å². The molecule has 2 rings (SSSR count). The fourth-order valence-electron chi connectivity index (χ4n) is 1.92. The van der Waals surface area contributed by atoms with E-state index in [4.69, 9.17) is 15.2 Å². The Labute approximate surface area is 113 Å². The van der Waals surface area contributed by atoms with Gasteiger partial charge in [-0.05, 0) is 17.7 Å². The standard InChI is InChI=1S/C14H20N2O3/c1-14(9-18-10-14)8-16-6-11-2-4-12(5-3-11)19-7-13(15)17/h2-5,16H,6-10H2,1H3,(H2,15,17). The van der Waals surface area contributed by atoms with Gasteiger partial charge in [0, 0.05) is 18.5 Å². The number of hydrogen-bond acceptors (Lipinski definition) is 4. The smallest absolute Gasteiger partial charge is 0.255 e. The number of amides is 1. The van der Waals surface area contributed by atoms with Crippen LogP contribution in [0.2, 0.25) is 0 Å². The molecular formula is C14H20N2O3. The highest BCUT2D eigenvalue weighted by atomic mass is 16.5. The van der Waals surface area contributed by atoms with Crippen LogP contribution in [-0.4, -0.2) is 32.3 Å². The summed E-state index contributed by atoms with van der Waals surface area (Å²) in [6.07, 6.45) is 0. The molecule has 0 aliphatic carbocycles. The summed E-state index contributed by atoms with van der Waals surface area (Å²) in [5.74, 6) is 0.184. The molecule has 1 heterocycles. The molecule has 1 aromatic rings. The van der Waals surface area contributed by atoms with Gasteiger partial charge in [0.1, 0.15) is 5.75 Å². The second kappa shape index (κ2) is 6.04. The van der Waals surface area contributed by atoms with Gasteiger partial charge in [-0.15, -0.1) is 0 Å². The van der Waals surface area contributed by atoms with Crippen molar-refractivity contribution in [3.8, 4) is 5.75 Å². The van der Waals surface area contributed by atoms with Gasteiger partial charge < -0.3 is 20.5 Å². The van der Waals surface area contributed by atoms with Crippen LogP contribution in [0, 0.1) is 5.41 Å². The monoisotopic (exact) mass is 264 g/mol. The van der Waals surface area contributed by atoms with Gasteiger partial charge in [-0.2, -0.15) is 0 Å². The maximum atomic E-state index is 10.6. The Balaban J connectivity index is 1.73. The Kier molecular flexibility index (Phi) is 4.39. The molecule has 0 bridgehead atoms. The highest BCUT2D eigenvalue weighted by Gasteiger charge is 2.32. The van der Waals surface area contributed by atoms with Gasteiger partial charge in [-0.25, -0.2) is 0 Å². The number of carbonyl (C=O) groups is 1. The van der Waals surface area contributed by atoms with E-state index in [2.05, 4.69) is 12.2 Å². The zero-order valence-corrected chi connectivity index (χ0v) is 11.1. The van der Waals surface area contributed by atoms with E-state index in [1.807, 2.05) is 24.3 Å². The van der Waals surface area contributed by atoms with Crippen molar-refractivity contribution in [2.24, 2.45) is 11.1 Å². The Morgan fingerprint density at radius 2 is 2.11 bits per heavy atom.